The van der Waals surface area contributed by atoms with E-state index in [1.165, 1.54) is 19.2 Å². The average Bonchev–Trinajstić information content (AvgIpc) is 2.26. The first kappa shape index (κ1) is 12.6. The Labute approximate surface area is 94.4 Å². The number of halogens is 1. The van der Waals surface area contributed by atoms with Crippen molar-refractivity contribution < 1.29 is 13.9 Å². The second-order valence-corrected chi connectivity index (χ2v) is 3.71. The molecule has 0 heterocycles. The molecule has 0 fully saturated rings. The van der Waals surface area contributed by atoms with E-state index in [1.54, 1.807) is 6.07 Å². The number of ether oxygens (including phenoxy) is 1. The minimum atomic E-state index is -0.269. The van der Waals surface area contributed by atoms with Crippen LogP contribution in [-0.4, -0.2) is 19.1 Å². The summed E-state index contributed by atoms with van der Waals surface area (Å²) in [5.41, 5.74) is 6.67. The number of benzene rings is 1. The molecule has 0 saturated heterocycles. The standard InChI is InChI=1S/C12H16FNO2/c1-16-12(15)6-5-11(14)8-9-3-2-4-10(13)7-9/h2-4,7,11H,5-6,8,14H2,1H3. The van der Waals surface area contributed by atoms with Crippen LogP contribution in [0.3, 0.4) is 0 Å². The summed E-state index contributed by atoms with van der Waals surface area (Å²) in [7, 11) is 1.35. The second kappa shape index (κ2) is 6.23. The molecule has 1 atom stereocenters. The van der Waals surface area contributed by atoms with Gasteiger partial charge in [0.05, 0.1) is 7.11 Å². The highest BCUT2D eigenvalue weighted by atomic mass is 19.1. The lowest BCUT2D eigenvalue weighted by atomic mass is 10.0. The molecule has 0 saturated carbocycles. The molecule has 0 amide bonds. The first-order valence-corrected chi connectivity index (χ1v) is 5.18. The Morgan fingerprint density at radius 2 is 2.31 bits per heavy atom. The zero-order valence-electron chi connectivity index (χ0n) is 9.28. The third-order valence-electron chi connectivity index (χ3n) is 2.33. The van der Waals surface area contributed by atoms with Gasteiger partial charge in [-0.05, 0) is 30.5 Å². The lowest BCUT2D eigenvalue weighted by molar-refractivity contribution is -0.140. The molecule has 0 spiro atoms. The number of carbonyl (C=O) groups is 1. The Kier molecular flexibility index (Phi) is 4.92. The predicted molar refractivity (Wildman–Crippen MR) is 59.3 cm³/mol. The highest BCUT2D eigenvalue weighted by Gasteiger charge is 2.08. The number of methoxy groups -OCH3 is 1. The number of hydrogen-bond acceptors (Lipinski definition) is 3. The van der Waals surface area contributed by atoms with E-state index in [9.17, 15) is 9.18 Å². The molecule has 4 heteroatoms. The number of hydrogen-bond donors (Lipinski definition) is 1. The SMILES string of the molecule is COC(=O)CCC(N)Cc1cccc(F)c1. The molecule has 3 nitrogen and oxygen atoms in total. The molecule has 1 aromatic carbocycles. The highest BCUT2D eigenvalue weighted by molar-refractivity contribution is 5.69. The maximum absolute atomic E-state index is 12.9. The molecule has 16 heavy (non-hydrogen) atoms. The number of esters is 1. The van der Waals surface area contributed by atoms with Crippen LogP contribution in [-0.2, 0) is 16.0 Å². The van der Waals surface area contributed by atoms with Crippen LogP contribution in [0, 0.1) is 5.82 Å². The van der Waals surface area contributed by atoms with Crippen LogP contribution in [0.4, 0.5) is 4.39 Å². The van der Waals surface area contributed by atoms with Gasteiger partial charge in [0.25, 0.3) is 0 Å². The third kappa shape index (κ3) is 4.40. The monoisotopic (exact) mass is 225 g/mol. The summed E-state index contributed by atoms with van der Waals surface area (Å²) in [5, 5.41) is 0. The molecule has 0 aliphatic carbocycles. The van der Waals surface area contributed by atoms with Crippen LogP contribution in [0.5, 0.6) is 0 Å². The second-order valence-electron chi connectivity index (χ2n) is 3.71. The van der Waals surface area contributed by atoms with E-state index >= 15 is 0 Å². The summed E-state index contributed by atoms with van der Waals surface area (Å²) in [6.45, 7) is 0. The van der Waals surface area contributed by atoms with Crippen molar-refractivity contribution in [2.45, 2.75) is 25.3 Å². The fraction of sp³-hybridized carbons (Fsp3) is 0.417. The van der Waals surface area contributed by atoms with Crippen LogP contribution in [0.1, 0.15) is 18.4 Å². The van der Waals surface area contributed by atoms with Crippen molar-refractivity contribution in [3.05, 3.63) is 35.6 Å². The van der Waals surface area contributed by atoms with Crippen molar-refractivity contribution >= 4 is 5.97 Å². The van der Waals surface area contributed by atoms with Crippen molar-refractivity contribution in [2.75, 3.05) is 7.11 Å². The smallest absolute Gasteiger partial charge is 0.305 e. The van der Waals surface area contributed by atoms with Gasteiger partial charge in [-0.15, -0.1) is 0 Å². The summed E-state index contributed by atoms with van der Waals surface area (Å²) < 4.78 is 17.4. The predicted octanol–water partition coefficient (Wildman–Crippen LogP) is 1.65. The summed E-state index contributed by atoms with van der Waals surface area (Å²) in [5.74, 6) is -0.535. The Balaban J connectivity index is 2.39. The number of carbonyl (C=O) groups excluding carboxylic acids is 1. The lowest BCUT2D eigenvalue weighted by Gasteiger charge is -2.10. The normalized spacial score (nSPS) is 12.2. The number of nitrogens with two attached hydrogens (primary N) is 1. The van der Waals surface area contributed by atoms with E-state index in [0.717, 1.165) is 5.56 Å². The first-order chi connectivity index (χ1) is 7.61. The minimum absolute atomic E-state index is 0.152. The molecule has 0 aliphatic heterocycles. The van der Waals surface area contributed by atoms with Gasteiger partial charge < -0.3 is 10.5 Å². The fourth-order valence-corrected chi connectivity index (χ4v) is 1.47. The highest BCUT2D eigenvalue weighted by Crippen LogP contribution is 2.08. The van der Waals surface area contributed by atoms with Gasteiger partial charge >= 0.3 is 5.97 Å². The van der Waals surface area contributed by atoms with Gasteiger partial charge in [0, 0.05) is 12.5 Å². The van der Waals surface area contributed by atoms with Gasteiger partial charge in [-0.3, -0.25) is 4.79 Å². The molecule has 1 rings (SSSR count). The summed E-state index contributed by atoms with van der Waals surface area (Å²) in [6.07, 6.45) is 1.41. The molecular formula is C12H16FNO2. The van der Waals surface area contributed by atoms with Crippen LogP contribution in [0.15, 0.2) is 24.3 Å². The van der Waals surface area contributed by atoms with E-state index in [4.69, 9.17) is 5.73 Å². The van der Waals surface area contributed by atoms with Crippen LogP contribution >= 0.6 is 0 Å². The zero-order valence-corrected chi connectivity index (χ0v) is 9.28. The lowest BCUT2D eigenvalue weighted by Crippen LogP contribution is -2.24. The van der Waals surface area contributed by atoms with Gasteiger partial charge in [0.2, 0.25) is 0 Å². The molecule has 1 unspecified atom stereocenters. The Morgan fingerprint density at radius 3 is 2.94 bits per heavy atom. The van der Waals surface area contributed by atoms with E-state index in [-0.39, 0.29) is 17.8 Å². The third-order valence-corrected chi connectivity index (χ3v) is 2.33. The largest absolute Gasteiger partial charge is 0.469 e. The maximum atomic E-state index is 12.9. The Hall–Kier alpha value is -1.42. The molecule has 0 aromatic heterocycles. The van der Waals surface area contributed by atoms with Gasteiger partial charge in [-0.1, -0.05) is 12.1 Å². The topological polar surface area (TPSA) is 52.3 Å². The fourth-order valence-electron chi connectivity index (χ4n) is 1.47. The molecule has 0 radical (unpaired) electrons. The van der Waals surface area contributed by atoms with E-state index < -0.39 is 0 Å². The molecule has 0 aliphatic rings. The van der Waals surface area contributed by atoms with Crippen LogP contribution in [0.25, 0.3) is 0 Å². The zero-order chi connectivity index (χ0) is 12.0. The van der Waals surface area contributed by atoms with Gasteiger partial charge in [-0.2, -0.15) is 0 Å². The van der Waals surface area contributed by atoms with Crippen molar-refractivity contribution in [1.82, 2.24) is 0 Å². The minimum Gasteiger partial charge on any atom is -0.469 e. The van der Waals surface area contributed by atoms with Gasteiger partial charge in [0.1, 0.15) is 5.82 Å². The Morgan fingerprint density at radius 1 is 1.56 bits per heavy atom. The van der Waals surface area contributed by atoms with Crippen molar-refractivity contribution in [3.8, 4) is 0 Å². The van der Waals surface area contributed by atoms with Gasteiger partial charge in [-0.25, -0.2) is 4.39 Å². The van der Waals surface area contributed by atoms with Crippen molar-refractivity contribution in [2.24, 2.45) is 5.73 Å². The van der Waals surface area contributed by atoms with Crippen LogP contribution < -0.4 is 5.73 Å². The average molecular weight is 225 g/mol. The van der Waals surface area contributed by atoms with E-state index in [0.29, 0.717) is 19.3 Å². The molecule has 1 aromatic rings. The van der Waals surface area contributed by atoms with E-state index in [2.05, 4.69) is 4.74 Å². The molecule has 2 N–H and O–H groups in total. The van der Waals surface area contributed by atoms with Gasteiger partial charge in [0.15, 0.2) is 0 Å². The first-order valence-electron chi connectivity index (χ1n) is 5.18. The summed E-state index contributed by atoms with van der Waals surface area (Å²) in [6, 6.07) is 6.17. The number of rotatable bonds is 5. The maximum Gasteiger partial charge on any atom is 0.305 e. The quantitative estimate of drug-likeness (QED) is 0.775. The summed E-state index contributed by atoms with van der Waals surface area (Å²) in [4.78, 5) is 10.9. The Bertz CT molecular complexity index is 355. The van der Waals surface area contributed by atoms with Crippen LogP contribution in [0.2, 0.25) is 0 Å². The molecule has 0 bridgehead atoms. The molecular weight excluding hydrogens is 209 g/mol. The van der Waals surface area contributed by atoms with E-state index in [1.807, 2.05) is 6.07 Å². The van der Waals surface area contributed by atoms with Crippen molar-refractivity contribution in [3.63, 3.8) is 0 Å². The van der Waals surface area contributed by atoms with Crippen molar-refractivity contribution in [1.29, 1.82) is 0 Å². The summed E-state index contributed by atoms with van der Waals surface area (Å²) >= 11 is 0. The molecule has 88 valence electrons.